The first-order valence-corrected chi connectivity index (χ1v) is 7.89. The van der Waals surface area contributed by atoms with Crippen molar-refractivity contribution >= 4 is 12.0 Å². The average Bonchev–Trinajstić information content (AvgIpc) is 2.41. The lowest BCUT2D eigenvalue weighted by molar-refractivity contribution is -0.139. The van der Waals surface area contributed by atoms with Gasteiger partial charge in [-0.2, -0.15) is 0 Å². The highest BCUT2D eigenvalue weighted by molar-refractivity contribution is 5.77. The molecule has 0 aromatic carbocycles. The number of hydrogen-bond donors (Lipinski definition) is 3. The number of aliphatic carboxylic acids is 1. The molecule has 6 heteroatoms. The smallest absolute Gasteiger partial charge is 0.317 e. The highest BCUT2D eigenvalue weighted by atomic mass is 16.4. The van der Waals surface area contributed by atoms with Crippen molar-refractivity contribution < 1.29 is 19.8 Å². The van der Waals surface area contributed by atoms with Gasteiger partial charge in [-0.1, -0.05) is 26.2 Å². The molecule has 2 fully saturated rings. The number of carboxylic acids is 1. The molecule has 2 rings (SSSR count). The fourth-order valence-electron chi connectivity index (χ4n) is 3.49. The molecule has 0 bridgehead atoms. The maximum Gasteiger partial charge on any atom is 0.317 e. The van der Waals surface area contributed by atoms with Crippen molar-refractivity contribution in [2.24, 2.45) is 5.92 Å². The van der Waals surface area contributed by atoms with Crippen molar-refractivity contribution in [3.63, 3.8) is 0 Å². The van der Waals surface area contributed by atoms with Crippen LogP contribution in [0, 0.1) is 5.92 Å². The molecule has 2 amide bonds. The van der Waals surface area contributed by atoms with Crippen molar-refractivity contribution in [3.8, 4) is 0 Å². The molecule has 1 aliphatic heterocycles. The van der Waals surface area contributed by atoms with Gasteiger partial charge in [0.25, 0.3) is 0 Å². The monoisotopic (exact) mass is 298 g/mol. The topological polar surface area (TPSA) is 89.9 Å². The molecule has 0 aromatic rings. The number of rotatable bonds is 3. The van der Waals surface area contributed by atoms with Crippen LogP contribution in [-0.2, 0) is 4.79 Å². The Hall–Kier alpha value is -1.30. The predicted octanol–water partition coefficient (Wildman–Crippen LogP) is 1.58. The van der Waals surface area contributed by atoms with Crippen molar-refractivity contribution in [3.05, 3.63) is 0 Å². The summed E-state index contributed by atoms with van der Waals surface area (Å²) in [5.41, 5.74) is -0.597. The third-order valence-corrected chi connectivity index (χ3v) is 4.82. The molecule has 1 aliphatic carbocycles. The van der Waals surface area contributed by atoms with Crippen LogP contribution in [0.5, 0.6) is 0 Å². The number of nitrogens with zero attached hydrogens (tertiary/aromatic N) is 1. The van der Waals surface area contributed by atoms with Gasteiger partial charge < -0.3 is 20.4 Å². The fraction of sp³-hybridized carbons (Fsp3) is 0.867. The average molecular weight is 298 g/mol. The molecule has 2 atom stereocenters. The Bertz CT molecular complexity index is 393. The maximum absolute atomic E-state index is 12.4. The van der Waals surface area contributed by atoms with Gasteiger partial charge in [-0.05, 0) is 25.2 Å². The van der Waals surface area contributed by atoms with Crippen molar-refractivity contribution in [2.45, 2.75) is 63.5 Å². The van der Waals surface area contributed by atoms with E-state index in [1.54, 1.807) is 4.90 Å². The molecule has 2 unspecified atom stereocenters. The summed E-state index contributed by atoms with van der Waals surface area (Å²) < 4.78 is 0. The van der Waals surface area contributed by atoms with Gasteiger partial charge in [0, 0.05) is 13.1 Å². The van der Waals surface area contributed by atoms with Crippen LogP contribution in [0.15, 0.2) is 0 Å². The van der Waals surface area contributed by atoms with Crippen LogP contribution in [-0.4, -0.2) is 51.8 Å². The molecule has 0 radical (unpaired) electrons. The SMILES string of the molecule is CC1CN(C(=O)NC2(CC(=O)O)CCCCC2)CCC1O. The van der Waals surface area contributed by atoms with Gasteiger partial charge in [0.1, 0.15) is 0 Å². The highest BCUT2D eigenvalue weighted by Gasteiger charge is 2.38. The Morgan fingerprint density at radius 1 is 1.29 bits per heavy atom. The lowest BCUT2D eigenvalue weighted by Crippen LogP contribution is -2.57. The number of nitrogens with one attached hydrogen (secondary N) is 1. The Balaban J connectivity index is 1.99. The van der Waals surface area contributed by atoms with Crippen LogP contribution in [0.2, 0.25) is 0 Å². The van der Waals surface area contributed by atoms with Crippen LogP contribution in [0.3, 0.4) is 0 Å². The molecular formula is C15H26N2O4. The maximum atomic E-state index is 12.4. The number of amides is 2. The van der Waals surface area contributed by atoms with E-state index in [0.29, 0.717) is 19.5 Å². The van der Waals surface area contributed by atoms with Gasteiger partial charge in [-0.25, -0.2) is 4.79 Å². The Labute approximate surface area is 125 Å². The second-order valence-electron chi connectivity index (χ2n) is 6.62. The minimum atomic E-state index is -0.861. The van der Waals surface area contributed by atoms with E-state index in [4.69, 9.17) is 5.11 Å². The first-order valence-electron chi connectivity index (χ1n) is 7.89. The molecule has 1 saturated heterocycles. The molecule has 6 nitrogen and oxygen atoms in total. The number of carboxylic acid groups (broad SMARTS) is 1. The minimum Gasteiger partial charge on any atom is -0.481 e. The lowest BCUT2D eigenvalue weighted by atomic mass is 9.79. The summed E-state index contributed by atoms with van der Waals surface area (Å²) in [6.07, 6.45) is 4.71. The van der Waals surface area contributed by atoms with Crippen LogP contribution in [0.4, 0.5) is 4.79 Å². The molecule has 1 saturated carbocycles. The van der Waals surface area contributed by atoms with E-state index in [2.05, 4.69) is 5.32 Å². The van der Waals surface area contributed by atoms with Gasteiger partial charge in [-0.3, -0.25) is 4.79 Å². The zero-order valence-electron chi connectivity index (χ0n) is 12.7. The van der Waals surface area contributed by atoms with Gasteiger partial charge in [0.15, 0.2) is 0 Å². The van der Waals surface area contributed by atoms with Crippen molar-refractivity contribution in [2.75, 3.05) is 13.1 Å². The Kier molecular flexibility index (Phi) is 5.08. The van der Waals surface area contributed by atoms with Gasteiger partial charge >= 0.3 is 12.0 Å². The van der Waals surface area contributed by atoms with Crippen LogP contribution < -0.4 is 5.32 Å². The molecular weight excluding hydrogens is 272 g/mol. The first kappa shape index (κ1) is 16.1. The molecule has 0 spiro atoms. The number of carbonyl (C=O) groups excluding carboxylic acids is 1. The van der Waals surface area contributed by atoms with Crippen LogP contribution in [0.25, 0.3) is 0 Å². The molecule has 3 N–H and O–H groups in total. The zero-order valence-corrected chi connectivity index (χ0v) is 12.7. The van der Waals surface area contributed by atoms with E-state index in [0.717, 1.165) is 32.1 Å². The molecule has 1 heterocycles. The van der Waals surface area contributed by atoms with E-state index in [1.165, 1.54) is 0 Å². The summed E-state index contributed by atoms with van der Waals surface area (Å²) in [5.74, 6) is -0.800. The normalized spacial score (nSPS) is 29.0. The third-order valence-electron chi connectivity index (χ3n) is 4.82. The minimum absolute atomic E-state index is 0.00917. The summed E-state index contributed by atoms with van der Waals surface area (Å²) in [6, 6.07) is -0.183. The summed E-state index contributed by atoms with van der Waals surface area (Å²) in [6.45, 7) is 2.98. The molecule has 120 valence electrons. The van der Waals surface area contributed by atoms with Gasteiger partial charge in [-0.15, -0.1) is 0 Å². The second-order valence-corrected chi connectivity index (χ2v) is 6.62. The number of carbonyl (C=O) groups is 2. The number of aliphatic hydroxyl groups is 1. The fourth-order valence-corrected chi connectivity index (χ4v) is 3.49. The number of urea groups is 1. The summed E-state index contributed by atoms with van der Waals surface area (Å²) in [5, 5.41) is 21.9. The lowest BCUT2D eigenvalue weighted by Gasteiger charge is -2.41. The zero-order chi connectivity index (χ0) is 15.5. The van der Waals surface area contributed by atoms with E-state index in [1.807, 2.05) is 6.92 Å². The highest BCUT2D eigenvalue weighted by Crippen LogP contribution is 2.31. The second kappa shape index (κ2) is 6.64. The van der Waals surface area contributed by atoms with E-state index in [-0.39, 0.29) is 24.5 Å². The summed E-state index contributed by atoms with van der Waals surface area (Å²) in [7, 11) is 0. The number of piperidine rings is 1. The van der Waals surface area contributed by atoms with Gasteiger partial charge in [0.2, 0.25) is 0 Å². The number of hydrogen-bond acceptors (Lipinski definition) is 3. The number of aliphatic hydroxyl groups excluding tert-OH is 1. The molecule has 2 aliphatic rings. The first-order chi connectivity index (χ1) is 9.92. The van der Waals surface area contributed by atoms with Gasteiger partial charge in [0.05, 0.1) is 18.1 Å². The van der Waals surface area contributed by atoms with Crippen LogP contribution >= 0.6 is 0 Å². The standard InChI is InChI=1S/C15H26N2O4/c1-11-10-17(8-5-12(11)18)14(21)16-15(9-13(19)20)6-3-2-4-7-15/h11-12,18H,2-10H2,1H3,(H,16,21)(H,19,20). The predicted molar refractivity (Wildman–Crippen MR) is 78.0 cm³/mol. The quantitative estimate of drug-likeness (QED) is 0.738. The molecule has 0 aromatic heterocycles. The largest absolute Gasteiger partial charge is 0.481 e. The summed E-state index contributed by atoms with van der Waals surface area (Å²) >= 11 is 0. The Morgan fingerprint density at radius 2 is 1.95 bits per heavy atom. The van der Waals surface area contributed by atoms with Crippen molar-refractivity contribution in [1.82, 2.24) is 10.2 Å². The number of likely N-dealkylation sites (tertiary alicyclic amines) is 1. The third kappa shape index (κ3) is 4.09. The van der Waals surface area contributed by atoms with Crippen LogP contribution in [0.1, 0.15) is 51.9 Å². The van der Waals surface area contributed by atoms with Crippen molar-refractivity contribution in [1.29, 1.82) is 0 Å². The Morgan fingerprint density at radius 3 is 2.52 bits per heavy atom. The van der Waals surface area contributed by atoms with E-state index < -0.39 is 11.5 Å². The van der Waals surface area contributed by atoms with E-state index in [9.17, 15) is 14.7 Å². The summed E-state index contributed by atoms with van der Waals surface area (Å²) in [4.78, 5) is 25.3. The molecule has 21 heavy (non-hydrogen) atoms. The van der Waals surface area contributed by atoms with E-state index >= 15 is 0 Å².